The summed E-state index contributed by atoms with van der Waals surface area (Å²) in [7, 11) is 0. The molecule has 2 aromatic carbocycles. The van der Waals surface area contributed by atoms with Gasteiger partial charge in [-0.3, -0.25) is 0 Å². The van der Waals surface area contributed by atoms with E-state index in [1.54, 1.807) is 13.8 Å². The Morgan fingerprint density at radius 2 is 1.32 bits per heavy atom. The van der Waals surface area contributed by atoms with Crippen molar-refractivity contribution in [3.05, 3.63) is 66.2 Å². The zero-order chi connectivity index (χ0) is 18.1. The summed E-state index contributed by atoms with van der Waals surface area (Å²) < 4.78 is 9.04. The minimum Gasteiger partial charge on any atom is -0.464 e. The Balaban J connectivity index is 2.47. The summed E-state index contributed by atoms with van der Waals surface area (Å²) >= 11 is 1.18. The number of thioether (sulfide) groups is 1. The number of benzene rings is 2. The van der Waals surface area contributed by atoms with Gasteiger partial charge in [-0.1, -0.05) is 60.3 Å². The third-order valence-corrected chi connectivity index (χ3v) is 4.88. The monoisotopic (exact) mass is 358 g/mol. The molecular weight excluding hydrogens is 336 g/mol. The van der Waals surface area contributed by atoms with Gasteiger partial charge in [0.2, 0.25) is 4.75 Å². The van der Waals surface area contributed by atoms with E-state index in [1.807, 2.05) is 60.7 Å². The van der Waals surface area contributed by atoms with Crippen molar-refractivity contribution in [2.75, 3.05) is 13.2 Å². The molecular formula is C20H22O4S. The molecule has 0 aliphatic carbocycles. The van der Waals surface area contributed by atoms with E-state index in [4.69, 9.17) is 9.47 Å². The highest BCUT2D eigenvalue weighted by Crippen LogP contribution is 2.38. The van der Waals surface area contributed by atoms with Gasteiger partial charge < -0.3 is 9.47 Å². The van der Waals surface area contributed by atoms with Crippen molar-refractivity contribution >= 4 is 23.7 Å². The van der Waals surface area contributed by atoms with E-state index in [-0.39, 0.29) is 19.6 Å². The van der Waals surface area contributed by atoms with E-state index >= 15 is 0 Å². The fraction of sp³-hybridized carbons (Fsp3) is 0.300. The molecule has 4 nitrogen and oxygen atoms in total. The molecule has 0 atom stereocenters. The summed E-state index contributed by atoms with van der Waals surface area (Å²) in [6.45, 7) is 3.85. The minimum absolute atomic E-state index is 0.199. The van der Waals surface area contributed by atoms with Crippen LogP contribution in [0.25, 0.3) is 0 Å². The number of hydrogen-bond donors (Lipinski definition) is 0. The summed E-state index contributed by atoms with van der Waals surface area (Å²) in [6, 6.07) is 18.8. The zero-order valence-corrected chi connectivity index (χ0v) is 15.3. The second kappa shape index (κ2) is 9.28. The lowest BCUT2D eigenvalue weighted by Crippen LogP contribution is -2.48. The van der Waals surface area contributed by atoms with Gasteiger partial charge in [0, 0.05) is 11.3 Å². The second-order valence-electron chi connectivity index (χ2n) is 5.35. The Labute approximate surface area is 152 Å². The Hall–Kier alpha value is -2.27. The first-order valence-corrected chi connectivity index (χ1v) is 9.06. The fourth-order valence-electron chi connectivity index (χ4n) is 2.42. The molecule has 0 fully saturated rings. The minimum atomic E-state index is -1.48. The quantitative estimate of drug-likeness (QED) is 0.407. The van der Waals surface area contributed by atoms with Crippen molar-refractivity contribution in [3.8, 4) is 0 Å². The van der Waals surface area contributed by atoms with Crippen LogP contribution in [-0.4, -0.2) is 29.9 Å². The Bertz CT molecular complexity index is 624. The maximum absolute atomic E-state index is 12.8. The second-order valence-corrected chi connectivity index (χ2v) is 6.72. The molecule has 0 aliphatic heterocycles. The molecule has 0 saturated heterocycles. The molecule has 2 rings (SSSR count). The van der Waals surface area contributed by atoms with Crippen LogP contribution in [0.15, 0.2) is 65.6 Å². The number of carbonyl (C=O) groups excluding carboxylic acids is 2. The molecule has 0 radical (unpaired) electrons. The Morgan fingerprint density at radius 3 is 1.80 bits per heavy atom. The number of esters is 2. The van der Waals surface area contributed by atoms with Gasteiger partial charge in [0.15, 0.2) is 0 Å². The zero-order valence-electron chi connectivity index (χ0n) is 14.4. The van der Waals surface area contributed by atoms with Crippen LogP contribution < -0.4 is 0 Å². The summed E-state index contributed by atoms with van der Waals surface area (Å²) in [6.07, 6.45) is 0.199. The molecule has 132 valence electrons. The van der Waals surface area contributed by atoms with Crippen molar-refractivity contribution in [3.63, 3.8) is 0 Å². The SMILES string of the molecule is CCOC(=O)C(Cc1ccccc1)(Sc1ccccc1)C(=O)OCC. The maximum Gasteiger partial charge on any atom is 0.334 e. The van der Waals surface area contributed by atoms with E-state index in [0.29, 0.717) is 0 Å². The van der Waals surface area contributed by atoms with E-state index in [9.17, 15) is 9.59 Å². The smallest absolute Gasteiger partial charge is 0.334 e. The van der Waals surface area contributed by atoms with Crippen molar-refractivity contribution in [2.45, 2.75) is 29.9 Å². The maximum atomic E-state index is 12.8. The molecule has 2 aromatic rings. The van der Waals surface area contributed by atoms with Gasteiger partial charge >= 0.3 is 11.9 Å². The largest absolute Gasteiger partial charge is 0.464 e. The van der Waals surface area contributed by atoms with Gasteiger partial charge in [0.1, 0.15) is 0 Å². The lowest BCUT2D eigenvalue weighted by Gasteiger charge is -2.28. The third kappa shape index (κ3) is 4.86. The van der Waals surface area contributed by atoms with Gasteiger partial charge in [0.05, 0.1) is 13.2 Å². The first kappa shape index (κ1) is 19.1. The van der Waals surface area contributed by atoms with Crippen molar-refractivity contribution in [1.29, 1.82) is 0 Å². The number of ether oxygens (including phenoxy) is 2. The highest BCUT2D eigenvalue weighted by molar-refractivity contribution is 8.02. The van der Waals surface area contributed by atoms with Crippen LogP contribution in [0.1, 0.15) is 19.4 Å². The normalized spacial score (nSPS) is 11.0. The fourth-order valence-corrected chi connectivity index (χ4v) is 3.63. The highest BCUT2D eigenvalue weighted by Gasteiger charge is 2.50. The van der Waals surface area contributed by atoms with E-state index in [2.05, 4.69) is 0 Å². The van der Waals surface area contributed by atoms with Crippen LogP contribution in [0.4, 0.5) is 0 Å². The van der Waals surface area contributed by atoms with Crippen LogP contribution in [0.2, 0.25) is 0 Å². The number of rotatable bonds is 8. The summed E-state index contributed by atoms with van der Waals surface area (Å²) in [5.74, 6) is -1.16. The average Bonchev–Trinajstić information content (AvgIpc) is 2.63. The molecule has 0 spiro atoms. The van der Waals surface area contributed by atoms with Crippen LogP contribution in [0.5, 0.6) is 0 Å². The lowest BCUT2D eigenvalue weighted by atomic mass is 9.98. The van der Waals surface area contributed by atoms with Gasteiger partial charge in [-0.05, 0) is 31.5 Å². The average molecular weight is 358 g/mol. The van der Waals surface area contributed by atoms with E-state index in [1.165, 1.54) is 11.8 Å². The molecule has 0 amide bonds. The van der Waals surface area contributed by atoms with E-state index in [0.717, 1.165) is 10.5 Å². The first-order chi connectivity index (χ1) is 12.1. The Kier molecular flexibility index (Phi) is 7.07. The predicted octanol–water partition coefficient (Wildman–Crippen LogP) is 3.89. The van der Waals surface area contributed by atoms with Crippen LogP contribution in [-0.2, 0) is 25.5 Å². The van der Waals surface area contributed by atoms with Crippen LogP contribution in [0, 0.1) is 0 Å². The van der Waals surface area contributed by atoms with Gasteiger partial charge in [-0.25, -0.2) is 9.59 Å². The van der Waals surface area contributed by atoms with Crippen LogP contribution in [0.3, 0.4) is 0 Å². The Morgan fingerprint density at radius 1 is 0.840 bits per heavy atom. The molecule has 0 N–H and O–H groups in total. The van der Waals surface area contributed by atoms with Crippen molar-refractivity contribution < 1.29 is 19.1 Å². The molecule has 0 aliphatic rings. The summed E-state index contributed by atoms with van der Waals surface area (Å²) in [5.41, 5.74) is 0.868. The van der Waals surface area contributed by atoms with Crippen LogP contribution >= 0.6 is 11.8 Å². The van der Waals surface area contributed by atoms with Crippen molar-refractivity contribution in [2.24, 2.45) is 0 Å². The molecule has 0 bridgehead atoms. The molecule has 0 heterocycles. The molecule has 5 heteroatoms. The van der Waals surface area contributed by atoms with Gasteiger partial charge in [0.25, 0.3) is 0 Å². The van der Waals surface area contributed by atoms with Gasteiger partial charge in [-0.15, -0.1) is 0 Å². The highest BCUT2D eigenvalue weighted by atomic mass is 32.2. The first-order valence-electron chi connectivity index (χ1n) is 8.24. The third-order valence-electron chi connectivity index (χ3n) is 3.54. The van der Waals surface area contributed by atoms with Crippen molar-refractivity contribution in [1.82, 2.24) is 0 Å². The standard InChI is InChI=1S/C20H22O4S/c1-3-23-18(21)20(19(22)24-4-2,15-16-11-7-5-8-12-16)25-17-13-9-6-10-14-17/h5-14H,3-4,15H2,1-2H3. The number of hydrogen-bond acceptors (Lipinski definition) is 5. The molecule has 0 saturated carbocycles. The predicted molar refractivity (Wildman–Crippen MR) is 98.4 cm³/mol. The summed E-state index contributed by atoms with van der Waals surface area (Å²) in [4.78, 5) is 26.5. The van der Waals surface area contributed by atoms with Gasteiger partial charge in [-0.2, -0.15) is 0 Å². The van der Waals surface area contributed by atoms with E-state index < -0.39 is 16.7 Å². The summed E-state index contributed by atoms with van der Waals surface area (Å²) in [5, 5.41) is 0. The topological polar surface area (TPSA) is 52.6 Å². The number of carbonyl (C=O) groups is 2. The lowest BCUT2D eigenvalue weighted by molar-refractivity contribution is -0.158. The molecule has 0 aromatic heterocycles. The molecule has 25 heavy (non-hydrogen) atoms. The molecule has 0 unspecified atom stereocenters.